The molecule has 0 unspecified atom stereocenters. The van der Waals surface area contributed by atoms with Gasteiger partial charge in [0.15, 0.2) is 0 Å². The van der Waals surface area contributed by atoms with Gasteiger partial charge < -0.3 is 4.74 Å². The zero-order valence-corrected chi connectivity index (χ0v) is 12.4. The second kappa shape index (κ2) is 5.90. The summed E-state index contributed by atoms with van der Waals surface area (Å²) in [5.41, 5.74) is 5.29. The van der Waals surface area contributed by atoms with Crippen molar-refractivity contribution in [3.05, 3.63) is 52.3 Å². The molecule has 2 rings (SSSR count). The first kappa shape index (κ1) is 14.3. The van der Waals surface area contributed by atoms with E-state index >= 15 is 0 Å². The maximum absolute atomic E-state index is 11.4. The summed E-state index contributed by atoms with van der Waals surface area (Å²) < 4.78 is 6.72. The molecular weight excluding hydrogens is 252 g/mol. The summed E-state index contributed by atoms with van der Waals surface area (Å²) >= 11 is 0. The quantitative estimate of drug-likeness (QED) is 0.804. The Bertz CT molecular complexity index is 612. The molecule has 106 valence electrons. The Labute approximate surface area is 119 Å². The number of hydrogen-bond donors (Lipinski definition) is 0. The van der Waals surface area contributed by atoms with Gasteiger partial charge in [0, 0.05) is 24.2 Å². The Balaban J connectivity index is 2.22. The molecule has 0 aliphatic heterocycles. The van der Waals surface area contributed by atoms with Crippen molar-refractivity contribution in [2.75, 3.05) is 7.11 Å². The molecule has 20 heavy (non-hydrogen) atoms. The molecule has 0 N–H and O–H groups in total. The van der Waals surface area contributed by atoms with E-state index in [0.29, 0.717) is 5.56 Å². The molecule has 2 aromatic rings. The second-order valence-corrected chi connectivity index (χ2v) is 4.83. The van der Waals surface area contributed by atoms with E-state index in [1.165, 1.54) is 23.9 Å². The van der Waals surface area contributed by atoms with E-state index in [1.807, 2.05) is 23.7 Å². The maximum Gasteiger partial charge on any atom is 0.337 e. The van der Waals surface area contributed by atoms with Crippen LogP contribution in [0.25, 0.3) is 0 Å². The van der Waals surface area contributed by atoms with Crippen molar-refractivity contribution < 1.29 is 9.53 Å². The van der Waals surface area contributed by atoms with E-state index in [1.54, 1.807) is 12.1 Å². The lowest BCUT2D eigenvalue weighted by Crippen LogP contribution is -2.01. The summed E-state index contributed by atoms with van der Waals surface area (Å²) in [7, 11) is 1.39. The summed E-state index contributed by atoms with van der Waals surface area (Å²) in [6.07, 6.45) is 0.832. The van der Waals surface area contributed by atoms with Gasteiger partial charge in [0.25, 0.3) is 0 Å². The van der Waals surface area contributed by atoms with Crippen molar-refractivity contribution in [2.45, 2.75) is 33.7 Å². The fraction of sp³-hybridized carbons (Fsp3) is 0.375. The summed E-state index contributed by atoms with van der Waals surface area (Å²) in [6.45, 7) is 7.11. The lowest BCUT2D eigenvalue weighted by atomic mass is 10.0. The van der Waals surface area contributed by atoms with Gasteiger partial charge in [-0.1, -0.05) is 12.1 Å². The molecule has 0 atom stereocenters. The van der Waals surface area contributed by atoms with Crippen molar-refractivity contribution in [1.29, 1.82) is 0 Å². The minimum atomic E-state index is -0.303. The first-order valence-corrected chi connectivity index (χ1v) is 6.77. The van der Waals surface area contributed by atoms with Gasteiger partial charge in [-0.05, 0) is 38.5 Å². The Morgan fingerprint density at radius 3 is 2.40 bits per heavy atom. The average Bonchev–Trinajstić information content (AvgIpc) is 2.74. The van der Waals surface area contributed by atoms with Crippen LogP contribution >= 0.6 is 0 Å². The molecule has 0 saturated carbocycles. The highest BCUT2D eigenvalue weighted by Gasteiger charge is 2.11. The third-order valence-corrected chi connectivity index (χ3v) is 3.59. The van der Waals surface area contributed by atoms with Gasteiger partial charge >= 0.3 is 5.97 Å². The Hall–Kier alpha value is -2.10. The first-order valence-electron chi connectivity index (χ1n) is 6.77. The van der Waals surface area contributed by atoms with Gasteiger partial charge in [-0.3, -0.25) is 4.68 Å². The molecule has 1 aromatic heterocycles. The minimum absolute atomic E-state index is 0.303. The smallest absolute Gasteiger partial charge is 0.337 e. The van der Waals surface area contributed by atoms with Crippen LogP contribution in [-0.4, -0.2) is 22.9 Å². The van der Waals surface area contributed by atoms with Gasteiger partial charge in [0.2, 0.25) is 0 Å². The SMILES string of the molecule is CCn1nc(C)c(Cc2ccc(C(=O)OC)cc2)c1C. The Morgan fingerprint density at radius 2 is 1.90 bits per heavy atom. The van der Waals surface area contributed by atoms with Crippen LogP contribution in [0.1, 0.15) is 39.8 Å². The third kappa shape index (κ3) is 2.74. The minimum Gasteiger partial charge on any atom is -0.465 e. The monoisotopic (exact) mass is 272 g/mol. The number of ether oxygens (including phenoxy) is 1. The standard InChI is InChI=1S/C16H20N2O2/c1-5-18-12(3)15(11(2)17-18)10-13-6-8-14(9-7-13)16(19)20-4/h6-9H,5,10H2,1-4H3. The molecule has 0 fully saturated rings. The predicted molar refractivity (Wildman–Crippen MR) is 78.0 cm³/mol. The molecule has 0 bridgehead atoms. The zero-order chi connectivity index (χ0) is 14.7. The van der Waals surface area contributed by atoms with E-state index < -0.39 is 0 Å². The Morgan fingerprint density at radius 1 is 1.25 bits per heavy atom. The number of hydrogen-bond acceptors (Lipinski definition) is 3. The molecule has 4 nitrogen and oxygen atoms in total. The van der Waals surface area contributed by atoms with Gasteiger partial charge in [0.1, 0.15) is 0 Å². The van der Waals surface area contributed by atoms with Crippen LogP contribution in [0.5, 0.6) is 0 Å². The topological polar surface area (TPSA) is 44.1 Å². The molecular formula is C16H20N2O2. The van der Waals surface area contributed by atoms with Crippen LogP contribution in [0.2, 0.25) is 0 Å². The average molecular weight is 272 g/mol. The highest BCUT2D eigenvalue weighted by atomic mass is 16.5. The highest BCUT2D eigenvalue weighted by Crippen LogP contribution is 2.18. The van der Waals surface area contributed by atoms with Gasteiger partial charge in [-0.25, -0.2) is 4.79 Å². The van der Waals surface area contributed by atoms with Crippen LogP contribution in [-0.2, 0) is 17.7 Å². The number of nitrogens with zero attached hydrogens (tertiary/aromatic N) is 2. The van der Waals surface area contributed by atoms with Gasteiger partial charge in [-0.2, -0.15) is 5.10 Å². The summed E-state index contributed by atoms with van der Waals surface area (Å²) in [5.74, 6) is -0.303. The zero-order valence-electron chi connectivity index (χ0n) is 12.4. The van der Waals surface area contributed by atoms with Crippen LogP contribution in [0.15, 0.2) is 24.3 Å². The second-order valence-electron chi connectivity index (χ2n) is 4.83. The van der Waals surface area contributed by atoms with Gasteiger partial charge in [0.05, 0.1) is 18.4 Å². The number of aryl methyl sites for hydroxylation is 2. The summed E-state index contributed by atoms with van der Waals surface area (Å²) in [5, 5.41) is 4.53. The molecule has 1 aromatic carbocycles. The number of methoxy groups -OCH3 is 1. The molecule has 1 heterocycles. The van der Waals surface area contributed by atoms with E-state index in [4.69, 9.17) is 4.74 Å². The number of carbonyl (C=O) groups excluding carboxylic acids is 1. The summed E-state index contributed by atoms with van der Waals surface area (Å²) in [6, 6.07) is 7.54. The van der Waals surface area contributed by atoms with Crippen molar-refractivity contribution in [3.8, 4) is 0 Å². The van der Waals surface area contributed by atoms with Crippen molar-refractivity contribution >= 4 is 5.97 Å². The van der Waals surface area contributed by atoms with Crippen LogP contribution in [0.3, 0.4) is 0 Å². The number of esters is 1. The molecule has 4 heteroatoms. The largest absolute Gasteiger partial charge is 0.465 e. The molecule has 0 amide bonds. The van der Waals surface area contributed by atoms with E-state index in [-0.39, 0.29) is 5.97 Å². The molecule has 0 spiro atoms. The summed E-state index contributed by atoms with van der Waals surface area (Å²) in [4.78, 5) is 11.4. The first-order chi connectivity index (χ1) is 9.56. The molecule has 0 aliphatic carbocycles. The predicted octanol–water partition coefficient (Wildman–Crippen LogP) is 2.90. The van der Waals surface area contributed by atoms with Gasteiger partial charge in [-0.15, -0.1) is 0 Å². The number of rotatable bonds is 4. The molecule has 0 saturated heterocycles. The maximum atomic E-state index is 11.4. The Kier molecular flexibility index (Phi) is 4.23. The fourth-order valence-corrected chi connectivity index (χ4v) is 2.38. The van der Waals surface area contributed by atoms with E-state index in [2.05, 4.69) is 18.9 Å². The van der Waals surface area contributed by atoms with Crippen molar-refractivity contribution in [3.63, 3.8) is 0 Å². The normalized spacial score (nSPS) is 10.6. The van der Waals surface area contributed by atoms with Crippen molar-refractivity contribution in [1.82, 2.24) is 9.78 Å². The lowest BCUT2D eigenvalue weighted by Gasteiger charge is -2.05. The highest BCUT2D eigenvalue weighted by molar-refractivity contribution is 5.89. The third-order valence-electron chi connectivity index (χ3n) is 3.59. The number of aromatic nitrogens is 2. The number of benzene rings is 1. The molecule has 0 radical (unpaired) electrons. The fourth-order valence-electron chi connectivity index (χ4n) is 2.38. The molecule has 0 aliphatic rings. The van der Waals surface area contributed by atoms with E-state index in [0.717, 1.165) is 18.7 Å². The number of carbonyl (C=O) groups is 1. The van der Waals surface area contributed by atoms with E-state index in [9.17, 15) is 4.79 Å². The van der Waals surface area contributed by atoms with Crippen LogP contribution in [0.4, 0.5) is 0 Å². The van der Waals surface area contributed by atoms with Crippen LogP contribution < -0.4 is 0 Å². The van der Waals surface area contributed by atoms with Crippen LogP contribution in [0, 0.1) is 13.8 Å². The lowest BCUT2D eigenvalue weighted by molar-refractivity contribution is 0.0600. The van der Waals surface area contributed by atoms with Crippen molar-refractivity contribution in [2.24, 2.45) is 0 Å².